The van der Waals surface area contributed by atoms with Crippen LogP contribution >= 0.6 is 0 Å². The van der Waals surface area contributed by atoms with Crippen LogP contribution in [0.25, 0.3) is 11.0 Å². The lowest BCUT2D eigenvalue weighted by Gasteiger charge is -2.16. The van der Waals surface area contributed by atoms with Crippen LogP contribution in [-0.2, 0) is 0 Å². The Bertz CT molecular complexity index is 571. The van der Waals surface area contributed by atoms with Gasteiger partial charge in [-0.2, -0.15) is 0 Å². The minimum atomic E-state index is 0.247. The molecular formula is C16H21N3. The van der Waals surface area contributed by atoms with Crippen LogP contribution in [0.1, 0.15) is 38.8 Å². The maximum absolute atomic E-state index is 4.37. The Labute approximate surface area is 114 Å². The van der Waals surface area contributed by atoms with Gasteiger partial charge in [0.25, 0.3) is 0 Å². The molecule has 0 fully saturated rings. The van der Waals surface area contributed by atoms with E-state index in [1.54, 1.807) is 12.4 Å². The van der Waals surface area contributed by atoms with Gasteiger partial charge in [0.05, 0.1) is 17.1 Å². The molecule has 1 N–H and O–H groups in total. The van der Waals surface area contributed by atoms with Crippen LogP contribution in [0.15, 0.2) is 42.2 Å². The standard InChI is InChI=1S/C16H21N3/c1-4-7-17-15(10-12(2)3)13-5-6-14-16(11-13)19-9-8-18-14/h5-6,8-11,15,17H,4,7H2,1-3H3. The summed E-state index contributed by atoms with van der Waals surface area (Å²) in [6.07, 6.45) is 6.85. The zero-order valence-electron chi connectivity index (χ0n) is 11.9. The van der Waals surface area contributed by atoms with E-state index in [2.05, 4.69) is 54.3 Å². The van der Waals surface area contributed by atoms with Crippen molar-refractivity contribution in [2.45, 2.75) is 33.2 Å². The molecule has 0 bridgehead atoms. The highest BCUT2D eigenvalue weighted by molar-refractivity contribution is 5.74. The maximum atomic E-state index is 4.37. The number of aromatic nitrogens is 2. The maximum Gasteiger partial charge on any atom is 0.0890 e. The van der Waals surface area contributed by atoms with Crippen molar-refractivity contribution in [3.63, 3.8) is 0 Å². The predicted octanol–water partition coefficient (Wildman–Crippen LogP) is 3.64. The van der Waals surface area contributed by atoms with Crippen molar-refractivity contribution in [2.75, 3.05) is 6.54 Å². The molecule has 0 amide bonds. The Morgan fingerprint density at radius 2 is 1.95 bits per heavy atom. The highest BCUT2D eigenvalue weighted by Gasteiger charge is 2.08. The van der Waals surface area contributed by atoms with Crippen molar-refractivity contribution >= 4 is 11.0 Å². The summed E-state index contributed by atoms with van der Waals surface area (Å²) < 4.78 is 0. The van der Waals surface area contributed by atoms with Gasteiger partial charge in [0.15, 0.2) is 0 Å². The molecule has 2 rings (SSSR count). The largest absolute Gasteiger partial charge is 0.307 e. The van der Waals surface area contributed by atoms with E-state index >= 15 is 0 Å². The lowest BCUT2D eigenvalue weighted by molar-refractivity contribution is 0.610. The van der Waals surface area contributed by atoms with Gasteiger partial charge in [0, 0.05) is 12.4 Å². The van der Waals surface area contributed by atoms with Gasteiger partial charge in [-0.15, -0.1) is 0 Å². The van der Waals surface area contributed by atoms with Crippen LogP contribution in [0.2, 0.25) is 0 Å². The Morgan fingerprint density at radius 3 is 2.63 bits per heavy atom. The fourth-order valence-electron chi connectivity index (χ4n) is 2.08. The number of allylic oxidation sites excluding steroid dienone is 1. The zero-order chi connectivity index (χ0) is 13.7. The molecule has 3 heteroatoms. The molecule has 1 atom stereocenters. The highest BCUT2D eigenvalue weighted by atomic mass is 14.9. The Morgan fingerprint density at radius 1 is 1.21 bits per heavy atom. The summed E-state index contributed by atoms with van der Waals surface area (Å²) >= 11 is 0. The van der Waals surface area contributed by atoms with E-state index in [0.717, 1.165) is 24.0 Å². The first kappa shape index (κ1) is 13.7. The Hall–Kier alpha value is -1.74. The molecule has 0 spiro atoms. The van der Waals surface area contributed by atoms with Crippen molar-refractivity contribution in [1.82, 2.24) is 15.3 Å². The summed E-state index contributed by atoms with van der Waals surface area (Å²) in [4.78, 5) is 8.68. The van der Waals surface area contributed by atoms with Crippen LogP contribution < -0.4 is 5.32 Å². The summed E-state index contributed by atoms with van der Waals surface area (Å²) in [6.45, 7) is 7.44. The second-order valence-corrected chi connectivity index (χ2v) is 4.98. The first-order valence-corrected chi connectivity index (χ1v) is 6.79. The molecule has 1 unspecified atom stereocenters. The van der Waals surface area contributed by atoms with E-state index < -0.39 is 0 Å². The number of nitrogens with one attached hydrogen (secondary N) is 1. The van der Waals surface area contributed by atoms with Gasteiger partial charge in [0.1, 0.15) is 0 Å². The van der Waals surface area contributed by atoms with Crippen molar-refractivity contribution < 1.29 is 0 Å². The van der Waals surface area contributed by atoms with E-state index in [9.17, 15) is 0 Å². The topological polar surface area (TPSA) is 37.8 Å². The first-order chi connectivity index (χ1) is 9.20. The van der Waals surface area contributed by atoms with E-state index in [0.29, 0.717) is 0 Å². The highest BCUT2D eigenvalue weighted by Crippen LogP contribution is 2.20. The molecule has 0 saturated heterocycles. The van der Waals surface area contributed by atoms with E-state index in [-0.39, 0.29) is 6.04 Å². The first-order valence-electron chi connectivity index (χ1n) is 6.79. The quantitative estimate of drug-likeness (QED) is 0.829. The number of hydrogen-bond acceptors (Lipinski definition) is 3. The van der Waals surface area contributed by atoms with E-state index in [1.807, 2.05) is 6.07 Å². The molecule has 1 heterocycles. The molecule has 0 aliphatic carbocycles. The minimum absolute atomic E-state index is 0.247. The Balaban J connectivity index is 2.34. The molecule has 100 valence electrons. The third-order valence-corrected chi connectivity index (χ3v) is 2.97. The van der Waals surface area contributed by atoms with Crippen LogP contribution in [-0.4, -0.2) is 16.5 Å². The summed E-state index contributed by atoms with van der Waals surface area (Å²) in [6, 6.07) is 6.53. The molecule has 19 heavy (non-hydrogen) atoms. The summed E-state index contributed by atoms with van der Waals surface area (Å²) in [5, 5.41) is 3.56. The van der Waals surface area contributed by atoms with Crippen LogP contribution in [0.5, 0.6) is 0 Å². The van der Waals surface area contributed by atoms with Gasteiger partial charge in [-0.3, -0.25) is 9.97 Å². The predicted molar refractivity (Wildman–Crippen MR) is 80.0 cm³/mol. The monoisotopic (exact) mass is 255 g/mol. The van der Waals surface area contributed by atoms with Gasteiger partial charge in [-0.25, -0.2) is 0 Å². The minimum Gasteiger partial charge on any atom is -0.307 e. The molecular weight excluding hydrogens is 234 g/mol. The van der Waals surface area contributed by atoms with Gasteiger partial charge in [-0.1, -0.05) is 24.6 Å². The molecule has 1 aromatic carbocycles. The fraction of sp³-hybridized carbons (Fsp3) is 0.375. The average molecular weight is 255 g/mol. The number of benzene rings is 1. The van der Waals surface area contributed by atoms with Crippen LogP contribution in [0.3, 0.4) is 0 Å². The summed E-state index contributed by atoms with van der Waals surface area (Å²) in [7, 11) is 0. The van der Waals surface area contributed by atoms with Crippen molar-refractivity contribution in [2.24, 2.45) is 0 Å². The lowest BCUT2D eigenvalue weighted by Crippen LogP contribution is -2.20. The average Bonchev–Trinajstić information content (AvgIpc) is 2.42. The zero-order valence-corrected chi connectivity index (χ0v) is 11.9. The number of nitrogens with zero attached hydrogens (tertiary/aromatic N) is 2. The molecule has 0 saturated carbocycles. The molecule has 3 nitrogen and oxygen atoms in total. The van der Waals surface area contributed by atoms with E-state index in [4.69, 9.17) is 0 Å². The lowest BCUT2D eigenvalue weighted by atomic mass is 10.0. The van der Waals surface area contributed by atoms with Gasteiger partial charge < -0.3 is 5.32 Å². The van der Waals surface area contributed by atoms with Crippen molar-refractivity contribution in [3.05, 3.63) is 47.8 Å². The second kappa shape index (κ2) is 6.43. The smallest absolute Gasteiger partial charge is 0.0890 e. The second-order valence-electron chi connectivity index (χ2n) is 4.98. The van der Waals surface area contributed by atoms with Crippen LogP contribution in [0, 0.1) is 0 Å². The molecule has 0 aliphatic rings. The fourth-order valence-corrected chi connectivity index (χ4v) is 2.08. The van der Waals surface area contributed by atoms with Crippen LogP contribution in [0.4, 0.5) is 0 Å². The number of rotatable bonds is 5. The number of hydrogen-bond donors (Lipinski definition) is 1. The normalized spacial score (nSPS) is 12.4. The third kappa shape index (κ3) is 3.61. The summed E-state index contributed by atoms with van der Waals surface area (Å²) in [5.41, 5.74) is 4.44. The molecule has 0 radical (unpaired) electrons. The third-order valence-electron chi connectivity index (χ3n) is 2.97. The SMILES string of the molecule is CCCNC(C=C(C)C)c1ccc2nccnc2c1. The molecule has 1 aromatic heterocycles. The Kier molecular flexibility index (Phi) is 4.63. The van der Waals surface area contributed by atoms with E-state index in [1.165, 1.54) is 11.1 Å². The van der Waals surface area contributed by atoms with Crippen molar-refractivity contribution in [3.8, 4) is 0 Å². The molecule has 0 aliphatic heterocycles. The van der Waals surface area contributed by atoms with Gasteiger partial charge in [0.2, 0.25) is 0 Å². The van der Waals surface area contributed by atoms with Gasteiger partial charge in [-0.05, 0) is 44.5 Å². The van der Waals surface area contributed by atoms with Gasteiger partial charge >= 0.3 is 0 Å². The number of fused-ring (bicyclic) bond motifs is 1. The summed E-state index contributed by atoms with van der Waals surface area (Å²) in [5.74, 6) is 0. The van der Waals surface area contributed by atoms with Crippen molar-refractivity contribution in [1.29, 1.82) is 0 Å². The molecule has 2 aromatic rings.